The summed E-state index contributed by atoms with van der Waals surface area (Å²) < 4.78 is 14.2. The maximum atomic E-state index is 14.2. The molecule has 0 fully saturated rings. The fraction of sp³-hybridized carbons (Fsp3) is 0.125. The lowest BCUT2D eigenvalue weighted by molar-refractivity contribution is 0.107. The van der Waals surface area contributed by atoms with Crippen molar-refractivity contribution in [3.8, 4) is 0 Å². The minimum Gasteiger partial charge on any atom is -0.305 e. The molecule has 136 valence electrons. The first kappa shape index (κ1) is 19.1. The Morgan fingerprint density at radius 3 is 1.81 bits per heavy atom. The molecule has 0 aliphatic rings. The summed E-state index contributed by atoms with van der Waals surface area (Å²) in [7, 11) is -3.47. The van der Waals surface area contributed by atoms with E-state index >= 15 is 0 Å². The zero-order valence-corrected chi connectivity index (χ0v) is 16.4. The van der Waals surface area contributed by atoms with Gasteiger partial charge in [0.1, 0.15) is 0 Å². The van der Waals surface area contributed by atoms with Crippen molar-refractivity contribution in [1.82, 2.24) is 0 Å². The Kier molecular flexibility index (Phi) is 5.88. The molecule has 3 aromatic carbocycles. The summed E-state index contributed by atoms with van der Waals surface area (Å²) in [6.07, 6.45) is 1.51. The standard InChI is InChI=1S/C24H23O2P/c1-19(2)17-18-20-11-9-10-16-23(20)24(25)27(26,21-12-5-3-6-13-21)22-14-7-4-8-15-22/h3-16H,1,17-18H2,2H3. The molecule has 0 atom stereocenters. The Labute approximate surface area is 160 Å². The Hall–Kier alpha value is -2.70. The largest absolute Gasteiger partial charge is 0.305 e. The van der Waals surface area contributed by atoms with Crippen molar-refractivity contribution in [3.63, 3.8) is 0 Å². The normalized spacial score (nSPS) is 11.1. The third kappa shape index (κ3) is 4.02. The van der Waals surface area contributed by atoms with Gasteiger partial charge in [0, 0.05) is 16.2 Å². The van der Waals surface area contributed by atoms with Gasteiger partial charge in [-0.1, -0.05) is 90.5 Å². The minimum absolute atomic E-state index is 0.308. The van der Waals surface area contributed by atoms with Gasteiger partial charge >= 0.3 is 0 Å². The average Bonchev–Trinajstić information content (AvgIpc) is 2.72. The molecule has 0 aromatic heterocycles. The molecule has 0 bridgehead atoms. The van der Waals surface area contributed by atoms with Crippen LogP contribution in [0.2, 0.25) is 0 Å². The van der Waals surface area contributed by atoms with Gasteiger partial charge in [-0.3, -0.25) is 4.79 Å². The van der Waals surface area contributed by atoms with Gasteiger partial charge in [-0.15, -0.1) is 6.58 Å². The second-order valence-electron chi connectivity index (χ2n) is 6.70. The van der Waals surface area contributed by atoms with E-state index in [0.29, 0.717) is 22.6 Å². The second-order valence-corrected chi connectivity index (χ2v) is 9.36. The van der Waals surface area contributed by atoms with Crippen LogP contribution in [0.25, 0.3) is 0 Å². The number of hydrogen-bond donors (Lipinski definition) is 0. The first-order chi connectivity index (χ1) is 13.0. The fourth-order valence-electron chi connectivity index (χ4n) is 3.12. The summed E-state index contributed by atoms with van der Waals surface area (Å²) in [5.74, 6) is 0. The molecular formula is C24H23O2P. The molecule has 27 heavy (non-hydrogen) atoms. The number of aryl methyl sites for hydroxylation is 1. The SMILES string of the molecule is C=C(C)CCc1ccccc1C(=O)P(=O)(c1ccccc1)c1ccccc1. The summed E-state index contributed by atoms with van der Waals surface area (Å²) in [4.78, 5) is 13.6. The number of carbonyl (C=O) groups excluding carboxylic acids is 1. The third-order valence-corrected chi connectivity index (χ3v) is 7.46. The number of rotatable bonds is 7. The lowest BCUT2D eigenvalue weighted by Gasteiger charge is -2.19. The predicted octanol–water partition coefficient (Wildman–Crippen LogP) is 5.35. The minimum atomic E-state index is -3.47. The Morgan fingerprint density at radius 1 is 0.815 bits per heavy atom. The summed E-state index contributed by atoms with van der Waals surface area (Å²) in [6, 6.07) is 25.6. The van der Waals surface area contributed by atoms with Crippen molar-refractivity contribution in [3.05, 3.63) is 108 Å². The molecule has 0 aliphatic heterocycles. The van der Waals surface area contributed by atoms with Crippen LogP contribution in [0.5, 0.6) is 0 Å². The van der Waals surface area contributed by atoms with E-state index in [4.69, 9.17) is 0 Å². The number of hydrogen-bond acceptors (Lipinski definition) is 2. The van der Waals surface area contributed by atoms with Crippen molar-refractivity contribution in [2.24, 2.45) is 0 Å². The van der Waals surface area contributed by atoms with Gasteiger partial charge in [-0.05, 0) is 25.3 Å². The van der Waals surface area contributed by atoms with E-state index in [0.717, 1.165) is 17.6 Å². The van der Waals surface area contributed by atoms with Crippen molar-refractivity contribution in [1.29, 1.82) is 0 Å². The van der Waals surface area contributed by atoms with Crippen molar-refractivity contribution >= 4 is 23.3 Å². The van der Waals surface area contributed by atoms with Gasteiger partial charge in [0.25, 0.3) is 0 Å². The van der Waals surface area contributed by atoms with E-state index < -0.39 is 7.14 Å². The number of benzene rings is 3. The molecule has 0 spiro atoms. The van der Waals surface area contributed by atoms with Crippen LogP contribution in [0.15, 0.2) is 97.1 Å². The highest BCUT2D eigenvalue weighted by molar-refractivity contribution is 7.93. The van der Waals surface area contributed by atoms with E-state index in [1.165, 1.54) is 0 Å². The van der Waals surface area contributed by atoms with Gasteiger partial charge < -0.3 is 4.57 Å². The van der Waals surface area contributed by atoms with Crippen molar-refractivity contribution in [2.75, 3.05) is 0 Å². The molecule has 2 nitrogen and oxygen atoms in total. The van der Waals surface area contributed by atoms with Crippen LogP contribution in [0.4, 0.5) is 0 Å². The van der Waals surface area contributed by atoms with Gasteiger partial charge in [-0.2, -0.15) is 0 Å². The second kappa shape index (κ2) is 8.33. The van der Waals surface area contributed by atoms with Crippen LogP contribution in [0, 0.1) is 0 Å². The van der Waals surface area contributed by atoms with Crippen LogP contribution >= 0.6 is 7.14 Å². The maximum Gasteiger partial charge on any atom is 0.230 e. The van der Waals surface area contributed by atoms with Crippen LogP contribution in [-0.4, -0.2) is 5.52 Å². The zero-order valence-electron chi connectivity index (χ0n) is 15.5. The monoisotopic (exact) mass is 374 g/mol. The molecule has 0 amide bonds. The molecule has 0 saturated heterocycles. The van der Waals surface area contributed by atoms with E-state index in [-0.39, 0.29) is 5.52 Å². The van der Waals surface area contributed by atoms with Crippen molar-refractivity contribution < 1.29 is 9.36 Å². The van der Waals surface area contributed by atoms with Crippen LogP contribution < -0.4 is 10.6 Å². The van der Waals surface area contributed by atoms with Crippen LogP contribution in [0.1, 0.15) is 29.3 Å². The number of carbonyl (C=O) groups is 1. The Morgan fingerprint density at radius 2 is 1.30 bits per heavy atom. The first-order valence-corrected chi connectivity index (χ1v) is 10.7. The topological polar surface area (TPSA) is 34.1 Å². The molecule has 0 unspecified atom stereocenters. The van der Waals surface area contributed by atoms with Crippen molar-refractivity contribution in [2.45, 2.75) is 19.8 Å². The van der Waals surface area contributed by atoms with E-state index in [2.05, 4.69) is 6.58 Å². The van der Waals surface area contributed by atoms with E-state index in [1.54, 1.807) is 30.3 Å². The lowest BCUT2D eigenvalue weighted by atomic mass is 10.0. The quantitative estimate of drug-likeness (QED) is 0.413. The van der Waals surface area contributed by atoms with Gasteiger partial charge in [0.05, 0.1) is 0 Å². The van der Waals surface area contributed by atoms with Crippen LogP contribution in [0.3, 0.4) is 0 Å². The molecular weight excluding hydrogens is 351 g/mol. The molecule has 3 aromatic rings. The smallest absolute Gasteiger partial charge is 0.230 e. The summed E-state index contributed by atoms with van der Waals surface area (Å²) in [6.45, 7) is 5.92. The van der Waals surface area contributed by atoms with Gasteiger partial charge in [0.15, 0.2) is 0 Å². The maximum absolute atomic E-state index is 14.2. The van der Waals surface area contributed by atoms with E-state index in [9.17, 15) is 9.36 Å². The first-order valence-electron chi connectivity index (χ1n) is 9.02. The molecule has 0 heterocycles. The molecule has 3 heteroatoms. The highest BCUT2D eigenvalue weighted by Crippen LogP contribution is 2.47. The Bertz CT molecular complexity index is 948. The molecule has 0 radical (unpaired) electrons. The zero-order chi connectivity index (χ0) is 19.3. The highest BCUT2D eigenvalue weighted by atomic mass is 31.2. The summed E-state index contributed by atoms with van der Waals surface area (Å²) in [5.41, 5.74) is 2.20. The average molecular weight is 374 g/mol. The van der Waals surface area contributed by atoms with E-state index in [1.807, 2.05) is 61.5 Å². The van der Waals surface area contributed by atoms with Gasteiger partial charge in [0.2, 0.25) is 12.7 Å². The fourth-order valence-corrected chi connectivity index (χ4v) is 5.63. The molecule has 0 N–H and O–H groups in total. The predicted molar refractivity (Wildman–Crippen MR) is 114 cm³/mol. The third-order valence-electron chi connectivity index (χ3n) is 4.59. The van der Waals surface area contributed by atoms with Crippen LogP contribution in [-0.2, 0) is 11.0 Å². The highest BCUT2D eigenvalue weighted by Gasteiger charge is 2.37. The summed E-state index contributed by atoms with van der Waals surface area (Å²) in [5, 5.41) is 1.13. The molecule has 0 saturated carbocycles. The van der Waals surface area contributed by atoms with Gasteiger partial charge in [-0.25, -0.2) is 0 Å². The lowest BCUT2D eigenvalue weighted by Crippen LogP contribution is -2.23. The molecule has 3 rings (SSSR count). The summed E-state index contributed by atoms with van der Waals surface area (Å²) >= 11 is 0. The number of allylic oxidation sites excluding steroid dienone is 1. The molecule has 0 aliphatic carbocycles. The Balaban J connectivity index is 2.14.